The molecule has 8 N–H and O–H groups in total. The van der Waals surface area contributed by atoms with E-state index in [1.165, 1.54) is 0 Å². The Morgan fingerprint density at radius 2 is 1.91 bits per heavy atom. The molecule has 1 fully saturated rings. The number of nitrogens with two attached hydrogens (primary N) is 3. The lowest BCUT2D eigenvalue weighted by Gasteiger charge is -2.42. The Morgan fingerprint density at radius 1 is 1.15 bits per heavy atom. The molecular formula is C26H31N7O. The highest BCUT2D eigenvalue weighted by Gasteiger charge is 2.48. The van der Waals surface area contributed by atoms with Crippen LogP contribution >= 0.6 is 0 Å². The first-order valence-corrected chi connectivity index (χ1v) is 11.8. The van der Waals surface area contributed by atoms with Gasteiger partial charge in [-0.2, -0.15) is 5.10 Å². The highest BCUT2D eigenvalue weighted by atomic mass is 16.1. The number of aromatic amines is 2. The van der Waals surface area contributed by atoms with Crippen LogP contribution in [0.15, 0.2) is 54.7 Å². The molecule has 8 nitrogen and oxygen atoms in total. The van der Waals surface area contributed by atoms with Gasteiger partial charge in [0.25, 0.3) is 0 Å². The predicted molar refractivity (Wildman–Crippen MR) is 134 cm³/mol. The number of nitrogens with zero attached hydrogens (tertiary/aromatic N) is 2. The van der Waals surface area contributed by atoms with Crippen LogP contribution in [-0.2, 0) is 11.2 Å². The summed E-state index contributed by atoms with van der Waals surface area (Å²) in [5.41, 5.74) is 21.2. The number of benzene rings is 2. The van der Waals surface area contributed by atoms with Crippen molar-refractivity contribution in [2.24, 2.45) is 22.8 Å². The SMILES string of the molecule is NCC1CCC(C(N)=O)([C@H](Cc2ccccc2)c2ncc(-c3ccc4c(N)n[nH]c4c3)[nH]2)CC1. The normalized spacial score (nSPS) is 21.5. The van der Waals surface area contributed by atoms with E-state index in [1.54, 1.807) is 0 Å². The number of anilines is 1. The van der Waals surface area contributed by atoms with Crippen LogP contribution in [0, 0.1) is 11.3 Å². The Morgan fingerprint density at radius 3 is 2.62 bits per heavy atom. The number of hydrogen-bond donors (Lipinski definition) is 5. The molecule has 5 rings (SSSR count). The van der Waals surface area contributed by atoms with Crippen LogP contribution in [0.5, 0.6) is 0 Å². The van der Waals surface area contributed by atoms with Crippen molar-refractivity contribution in [3.63, 3.8) is 0 Å². The molecule has 0 bridgehead atoms. The van der Waals surface area contributed by atoms with Crippen molar-refractivity contribution in [2.45, 2.75) is 38.0 Å². The smallest absolute Gasteiger partial charge is 0.224 e. The zero-order valence-electron chi connectivity index (χ0n) is 19.1. The third kappa shape index (κ3) is 3.94. The molecule has 1 atom stereocenters. The number of imidazole rings is 1. The number of aromatic nitrogens is 4. The summed E-state index contributed by atoms with van der Waals surface area (Å²) >= 11 is 0. The lowest BCUT2D eigenvalue weighted by Crippen LogP contribution is -2.46. The Balaban J connectivity index is 1.53. The quantitative estimate of drug-likeness (QED) is 0.288. The fourth-order valence-electron chi connectivity index (χ4n) is 5.47. The van der Waals surface area contributed by atoms with Gasteiger partial charge in [-0.1, -0.05) is 36.4 Å². The first kappa shape index (κ1) is 22.2. The van der Waals surface area contributed by atoms with Gasteiger partial charge in [-0.15, -0.1) is 0 Å². The Bertz CT molecular complexity index is 1280. The minimum absolute atomic E-state index is 0.161. The van der Waals surface area contributed by atoms with E-state index in [2.05, 4.69) is 27.3 Å². The van der Waals surface area contributed by atoms with Crippen molar-refractivity contribution in [3.05, 3.63) is 66.1 Å². The molecule has 0 spiro atoms. The van der Waals surface area contributed by atoms with Gasteiger partial charge < -0.3 is 22.2 Å². The van der Waals surface area contributed by atoms with Crippen LogP contribution in [0.2, 0.25) is 0 Å². The van der Waals surface area contributed by atoms with Crippen LogP contribution in [-0.4, -0.2) is 32.6 Å². The first-order chi connectivity index (χ1) is 16.5. The maximum atomic E-state index is 13.0. The summed E-state index contributed by atoms with van der Waals surface area (Å²) in [5, 5.41) is 7.93. The number of primary amides is 1. The minimum atomic E-state index is -0.668. The molecule has 0 aliphatic heterocycles. The van der Waals surface area contributed by atoms with E-state index in [-0.39, 0.29) is 11.8 Å². The molecule has 8 heteroatoms. The predicted octanol–water partition coefficient (Wildman–Crippen LogP) is 3.48. The number of H-pyrrole nitrogens is 2. The molecule has 2 aromatic heterocycles. The van der Waals surface area contributed by atoms with Gasteiger partial charge >= 0.3 is 0 Å². The van der Waals surface area contributed by atoms with Gasteiger partial charge in [0.05, 0.1) is 22.8 Å². The van der Waals surface area contributed by atoms with E-state index in [0.717, 1.165) is 59.2 Å². The maximum Gasteiger partial charge on any atom is 0.224 e. The number of carbonyl (C=O) groups is 1. The molecule has 4 aromatic rings. The van der Waals surface area contributed by atoms with Crippen LogP contribution in [0.3, 0.4) is 0 Å². The van der Waals surface area contributed by atoms with Crippen LogP contribution in [0.25, 0.3) is 22.2 Å². The molecular weight excluding hydrogens is 426 g/mol. The largest absolute Gasteiger partial charge is 0.382 e. The van der Waals surface area contributed by atoms with Gasteiger partial charge in [0.2, 0.25) is 5.91 Å². The lowest BCUT2D eigenvalue weighted by molar-refractivity contribution is -0.132. The molecule has 0 unspecified atom stereocenters. The highest BCUT2D eigenvalue weighted by Crippen LogP contribution is 2.49. The summed E-state index contributed by atoms with van der Waals surface area (Å²) in [6, 6.07) is 16.2. The molecule has 2 heterocycles. The summed E-state index contributed by atoms with van der Waals surface area (Å²) in [4.78, 5) is 21.3. The van der Waals surface area contributed by atoms with Crippen LogP contribution < -0.4 is 17.2 Å². The van der Waals surface area contributed by atoms with Crippen molar-refractivity contribution in [1.29, 1.82) is 0 Å². The van der Waals surface area contributed by atoms with Gasteiger partial charge in [0, 0.05) is 16.9 Å². The second-order valence-electron chi connectivity index (χ2n) is 9.49. The zero-order chi connectivity index (χ0) is 23.7. The average Bonchev–Trinajstić information content (AvgIpc) is 3.50. The number of hydrogen-bond acceptors (Lipinski definition) is 5. The molecule has 176 valence electrons. The number of carbonyl (C=O) groups excluding carboxylic acids is 1. The fourth-order valence-corrected chi connectivity index (χ4v) is 5.47. The summed E-state index contributed by atoms with van der Waals surface area (Å²) in [5.74, 6) is 1.28. The molecule has 2 aromatic carbocycles. The minimum Gasteiger partial charge on any atom is -0.382 e. The van der Waals surface area contributed by atoms with E-state index in [1.807, 2.05) is 42.6 Å². The number of fused-ring (bicyclic) bond motifs is 1. The van der Waals surface area contributed by atoms with Crippen molar-refractivity contribution < 1.29 is 4.79 Å². The third-order valence-corrected chi connectivity index (χ3v) is 7.60. The molecule has 1 amide bonds. The van der Waals surface area contributed by atoms with E-state index in [4.69, 9.17) is 22.2 Å². The van der Waals surface area contributed by atoms with E-state index < -0.39 is 5.41 Å². The second kappa shape index (κ2) is 8.95. The van der Waals surface area contributed by atoms with Gasteiger partial charge in [-0.3, -0.25) is 9.89 Å². The molecule has 34 heavy (non-hydrogen) atoms. The van der Waals surface area contributed by atoms with Crippen molar-refractivity contribution in [3.8, 4) is 11.3 Å². The van der Waals surface area contributed by atoms with Crippen molar-refractivity contribution in [1.82, 2.24) is 20.2 Å². The van der Waals surface area contributed by atoms with Gasteiger partial charge in [0.15, 0.2) is 5.82 Å². The topological polar surface area (TPSA) is 152 Å². The van der Waals surface area contributed by atoms with E-state index in [9.17, 15) is 4.79 Å². The summed E-state index contributed by atoms with van der Waals surface area (Å²) < 4.78 is 0. The Kier molecular flexibility index (Phi) is 5.83. The summed E-state index contributed by atoms with van der Waals surface area (Å²) in [6.07, 6.45) is 5.75. The third-order valence-electron chi connectivity index (χ3n) is 7.60. The number of nitrogen functional groups attached to an aromatic ring is 1. The molecule has 1 aliphatic carbocycles. The molecule has 0 radical (unpaired) electrons. The van der Waals surface area contributed by atoms with Crippen LogP contribution in [0.1, 0.15) is 43.0 Å². The first-order valence-electron chi connectivity index (χ1n) is 11.8. The zero-order valence-corrected chi connectivity index (χ0v) is 19.1. The Labute approximate surface area is 198 Å². The van der Waals surface area contributed by atoms with Gasteiger partial charge in [-0.25, -0.2) is 4.98 Å². The van der Waals surface area contributed by atoms with E-state index >= 15 is 0 Å². The Hall–Kier alpha value is -3.65. The van der Waals surface area contributed by atoms with Gasteiger partial charge in [0.1, 0.15) is 5.82 Å². The highest BCUT2D eigenvalue weighted by molar-refractivity contribution is 5.91. The monoisotopic (exact) mass is 457 g/mol. The fraction of sp³-hybridized carbons (Fsp3) is 0.346. The second-order valence-corrected chi connectivity index (χ2v) is 9.49. The van der Waals surface area contributed by atoms with E-state index in [0.29, 0.717) is 24.7 Å². The molecule has 0 saturated heterocycles. The van der Waals surface area contributed by atoms with Crippen molar-refractivity contribution in [2.75, 3.05) is 12.3 Å². The van der Waals surface area contributed by atoms with Crippen LogP contribution in [0.4, 0.5) is 5.82 Å². The maximum absolute atomic E-state index is 13.0. The molecule has 1 aliphatic rings. The summed E-state index contributed by atoms with van der Waals surface area (Å²) in [6.45, 7) is 0.643. The van der Waals surface area contributed by atoms with Crippen molar-refractivity contribution >= 4 is 22.6 Å². The molecule has 1 saturated carbocycles. The number of amides is 1. The average molecular weight is 458 g/mol. The number of rotatable bonds is 7. The lowest BCUT2D eigenvalue weighted by atomic mass is 9.61. The van der Waals surface area contributed by atoms with Gasteiger partial charge in [-0.05, 0) is 62.3 Å². The summed E-state index contributed by atoms with van der Waals surface area (Å²) in [7, 11) is 0. The number of nitrogens with one attached hydrogen (secondary N) is 2. The standard InChI is InChI=1S/C26H31N7O/c27-14-17-8-10-26(11-9-17,25(29)34)20(12-16-4-2-1-3-5-16)24-30-15-22(31-24)18-6-7-19-21(13-18)32-33-23(19)28/h1-7,13,15,17,20H,8-12,14,27H2,(H2,29,34)(H,30,31)(H3,28,32,33)/t17?,20-,26?/m1/s1.